The predicted molar refractivity (Wildman–Crippen MR) is 75.2 cm³/mol. The highest BCUT2D eigenvalue weighted by atomic mass is 19.1. The molecule has 1 atom stereocenters. The van der Waals surface area contributed by atoms with Crippen molar-refractivity contribution in [2.75, 3.05) is 12.3 Å². The topological polar surface area (TPSA) is 50.9 Å². The molecule has 0 saturated carbocycles. The molecular weight excluding hydrogens is 241 g/mol. The molecule has 19 heavy (non-hydrogen) atoms. The molecule has 3 nitrogen and oxygen atoms in total. The third kappa shape index (κ3) is 3.51. The van der Waals surface area contributed by atoms with Gasteiger partial charge in [-0.05, 0) is 36.7 Å². The van der Waals surface area contributed by atoms with E-state index in [0.717, 1.165) is 29.8 Å². The van der Waals surface area contributed by atoms with Crippen molar-refractivity contribution >= 4 is 5.69 Å². The number of rotatable bonds is 5. The average molecular weight is 259 g/mol. The van der Waals surface area contributed by atoms with Crippen molar-refractivity contribution in [3.63, 3.8) is 0 Å². The highest BCUT2D eigenvalue weighted by Crippen LogP contribution is 2.22. The lowest BCUT2D eigenvalue weighted by Gasteiger charge is -2.19. The van der Waals surface area contributed by atoms with Gasteiger partial charge < -0.3 is 11.1 Å². The number of nitrogens with one attached hydrogen (secondary N) is 1. The largest absolute Gasteiger partial charge is 0.398 e. The van der Waals surface area contributed by atoms with Gasteiger partial charge in [0, 0.05) is 29.7 Å². The molecule has 1 aromatic heterocycles. The van der Waals surface area contributed by atoms with Gasteiger partial charge in [0.15, 0.2) is 0 Å². The summed E-state index contributed by atoms with van der Waals surface area (Å²) in [6, 6.07) is 8.43. The molecule has 2 rings (SSSR count). The Hall–Kier alpha value is -1.94. The third-order valence-electron chi connectivity index (χ3n) is 3.07. The van der Waals surface area contributed by atoms with Gasteiger partial charge in [0.25, 0.3) is 0 Å². The number of aromatic nitrogens is 1. The van der Waals surface area contributed by atoms with Crippen molar-refractivity contribution in [1.29, 1.82) is 0 Å². The van der Waals surface area contributed by atoms with E-state index in [1.807, 2.05) is 6.92 Å². The summed E-state index contributed by atoms with van der Waals surface area (Å²) in [4.78, 5) is 4.12. The molecule has 0 fully saturated rings. The summed E-state index contributed by atoms with van der Waals surface area (Å²) < 4.78 is 12.9. The van der Waals surface area contributed by atoms with Gasteiger partial charge in [0.05, 0.1) is 0 Å². The zero-order chi connectivity index (χ0) is 13.7. The molecule has 0 amide bonds. The van der Waals surface area contributed by atoms with Crippen molar-refractivity contribution in [2.45, 2.75) is 19.4 Å². The molecule has 1 heterocycles. The molecule has 4 heteroatoms. The first kappa shape index (κ1) is 13.5. The second-order valence-electron chi connectivity index (χ2n) is 4.45. The van der Waals surface area contributed by atoms with Gasteiger partial charge in [0.1, 0.15) is 5.82 Å². The number of likely N-dealkylation sites (N-methyl/N-ethyl adjacent to an activating group) is 1. The molecule has 0 aliphatic rings. The minimum atomic E-state index is -0.218. The highest BCUT2D eigenvalue weighted by Gasteiger charge is 2.14. The van der Waals surface area contributed by atoms with Crippen molar-refractivity contribution in [3.05, 3.63) is 59.7 Å². The van der Waals surface area contributed by atoms with E-state index in [9.17, 15) is 4.39 Å². The summed E-state index contributed by atoms with van der Waals surface area (Å²) in [5.41, 5.74) is 8.76. The van der Waals surface area contributed by atoms with E-state index in [2.05, 4.69) is 10.3 Å². The van der Waals surface area contributed by atoms with Crippen molar-refractivity contribution in [1.82, 2.24) is 10.3 Å². The van der Waals surface area contributed by atoms with Gasteiger partial charge in [-0.2, -0.15) is 0 Å². The van der Waals surface area contributed by atoms with Crippen molar-refractivity contribution < 1.29 is 4.39 Å². The molecule has 0 aliphatic carbocycles. The zero-order valence-electron chi connectivity index (χ0n) is 10.9. The Labute approximate surface area is 112 Å². The molecule has 100 valence electrons. The number of hydrogen-bond donors (Lipinski definition) is 2. The van der Waals surface area contributed by atoms with Crippen LogP contribution in [0.3, 0.4) is 0 Å². The molecule has 0 aliphatic heterocycles. The van der Waals surface area contributed by atoms with Crippen LogP contribution < -0.4 is 11.1 Å². The van der Waals surface area contributed by atoms with Crippen LogP contribution in [-0.4, -0.2) is 11.5 Å². The Kier molecular flexibility index (Phi) is 4.47. The van der Waals surface area contributed by atoms with E-state index in [1.54, 1.807) is 30.6 Å². The Morgan fingerprint density at radius 2 is 2.00 bits per heavy atom. The molecule has 3 N–H and O–H groups in total. The maximum Gasteiger partial charge on any atom is 0.123 e. The van der Waals surface area contributed by atoms with Crippen LogP contribution in [0.5, 0.6) is 0 Å². The van der Waals surface area contributed by atoms with E-state index in [4.69, 9.17) is 5.73 Å². The number of nitrogens with two attached hydrogens (primary N) is 1. The van der Waals surface area contributed by atoms with E-state index in [-0.39, 0.29) is 11.9 Å². The maximum absolute atomic E-state index is 12.9. The summed E-state index contributed by atoms with van der Waals surface area (Å²) in [5, 5.41) is 3.39. The van der Waals surface area contributed by atoms with Crippen LogP contribution >= 0.6 is 0 Å². The van der Waals surface area contributed by atoms with E-state index < -0.39 is 0 Å². The molecule has 0 saturated heterocycles. The summed E-state index contributed by atoms with van der Waals surface area (Å²) >= 11 is 0. The summed E-state index contributed by atoms with van der Waals surface area (Å²) in [7, 11) is 0. The van der Waals surface area contributed by atoms with Gasteiger partial charge in [-0.25, -0.2) is 4.39 Å². The Morgan fingerprint density at radius 1 is 1.26 bits per heavy atom. The zero-order valence-corrected chi connectivity index (χ0v) is 10.9. The van der Waals surface area contributed by atoms with Gasteiger partial charge in [-0.1, -0.05) is 19.1 Å². The number of hydrogen-bond acceptors (Lipinski definition) is 3. The number of nitrogens with zero attached hydrogens (tertiary/aromatic N) is 1. The molecule has 2 aromatic rings. The first-order valence-corrected chi connectivity index (χ1v) is 6.38. The van der Waals surface area contributed by atoms with E-state index >= 15 is 0 Å². The monoisotopic (exact) mass is 259 g/mol. The summed E-state index contributed by atoms with van der Waals surface area (Å²) in [5.74, 6) is -0.218. The number of pyridine rings is 1. The highest BCUT2D eigenvalue weighted by molar-refractivity contribution is 5.46. The molecule has 0 bridgehead atoms. The third-order valence-corrected chi connectivity index (χ3v) is 3.07. The number of nitrogen functional groups attached to an aromatic ring is 1. The SMILES string of the molecule is CCNC(Cc1ccc(F)cc1)c1cnccc1N. The average Bonchev–Trinajstić information content (AvgIpc) is 2.41. The summed E-state index contributed by atoms with van der Waals surface area (Å²) in [6.45, 7) is 2.88. The quantitative estimate of drug-likeness (QED) is 0.868. The minimum Gasteiger partial charge on any atom is -0.398 e. The van der Waals surface area contributed by atoms with Gasteiger partial charge >= 0.3 is 0 Å². The second-order valence-corrected chi connectivity index (χ2v) is 4.45. The van der Waals surface area contributed by atoms with Crippen LogP contribution in [0.25, 0.3) is 0 Å². The number of anilines is 1. The molecular formula is C15H18FN3. The molecule has 1 aromatic carbocycles. The Morgan fingerprint density at radius 3 is 2.63 bits per heavy atom. The Balaban J connectivity index is 2.21. The van der Waals surface area contributed by atoms with Gasteiger partial charge in [-0.15, -0.1) is 0 Å². The van der Waals surface area contributed by atoms with Crippen molar-refractivity contribution in [2.24, 2.45) is 0 Å². The van der Waals surface area contributed by atoms with Gasteiger partial charge in [0.2, 0.25) is 0 Å². The minimum absolute atomic E-state index is 0.0872. The standard InChI is InChI=1S/C15H18FN3/c1-2-19-15(13-10-18-8-7-14(13)17)9-11-3-5-12(16)6-4-11/h3-8,10,15,19H,2,9H2,1H3,(H2,17,18). The molecule has 1 unspecified atom stereocenters. The van der Waals surface area contributed by atoms with Crippen LogP contribution in [0, 0.1) is 5.82 Å². The van der Waals surface area contributed by atoms with Gasteiger partial charge in [-0.3, -0.25) is 4.98 Å². The fraction of sp³-hybridized carbons (Fsp3) is 0.267. The van der Waals surface area contributed by atoms with Crippen molar-refractivity contribution in [3.8, 4) is 0 Å². The first-order chi connectivity index (χ1) is 9.20. The molecule has 0 spiro atoms. The van der Waals surface area contributed by atoms with Crippen LogP contribution in [0.15, 0.2) is 42.7 Å². The second kappa shape index (κ2) is 6.29. The fourth-order valence-electron chi connectivity index (χ4n) is 2.10. The Bertz CT molecular complexity index is 525. The fourth-order valence-corrected chi connectivity index (χ4v) is 2.10. The maximum atomic E-state index is 12.9. The summed E-state index contributed by atoms with van der Waals surface area (Å²) in [6.07, 6.45) is 4.22. The van der Waals surface area contributed by atoms with Crippen LogP contribution in [-0.2, 0) is 6.42 Å². The van der Waals surface area contributed by atoms with Crippen LogP contribution in [0.2, 0.25) is 0 Å². The first-order valence-electron chi connectivity index (χ1n) is 6.38. The van der Waals surface area contributed by atoms with E-state index in [1.165, 1.54) is 12.1 Å². The lowest BCUT2D eigenvalue weighted by molar-refractivity contribution is 0.548. The number of halogens is 1. The lowest BCUT2D eigenvalue weighted by Crippen LogP contribution is -2.24. The van der Waals surface area contributed by atoms with Crippen LogP contribution in [0.1, 0.15) is 24.1 Å². The van der Waals surface area contributed by atoms with Crippen LogP contribution in [0.4, 0.5) is 10.1 Å². The lowest BCUT2D eigenvalue weighted by atomic mass is 9.99. The van der Waals surface area contributed by atoms with E-state index in [0.29, 0.717) is 0 Å². The predicted octanol–water partition coefficient (Wildman–Crippen LogP) is 2.70. The normalized spacial score (nSPS) is 12.3. The number of benzene rings is 1. The smallest absolute Gasteiger partial charge is 0.123 e. The molecule has 0 radical (unpaired) electrons.